The molecule has 2 aromatic rings. The molecule has 1 N–H and O–H groups in total. The SMILES string of the molecule is C[C@@]1(NC(=O)COC(=O)COc2ccc3ccccc3c2)CCS(=O)(=O)C1. The second-order valence-corrected chi connectivity index (χ2v) is 9.09. The van der Waals surface area contributed by atoms with Crippen molar-refractivity contribution in [3.05, 3.63) is 42.5 Å². The monoisotopic (exact) mass is 391 g/mol. The minimum Gasteiger partial charge on any atom is -0.482 e. The van der Waals surface area contributed by atoms with Crippen molar-refractivity contribution in [3.8, 4) is 5.75 Å². The Bertz CT molecular complexity index is 971. The van der Waals surface area contributed by atoms with Crippen LogP contribution < -0.4 is 10.1 Å². The highest BCUT2D eigenvalue weighted by atomic mass is 32.2. The zero-order chi connectivity index (χ0) is 19.5. The molecule has 0 bridgehead atoms. The molecular weight excluding hydrogens is 370 g/mol. The second kappa shape index (κ2) is 7.56. The Morgan fingerprint density at radius 1 is 1.11 bits per heavy atom. The molecule has 1 aliphatic rings. The summed E-state index contributed by atoms with van der Waals surface area (Å²) in [6, 6.07) is 13.2. The first-order valence-electron chi connectivity index (χ1n) is 8.53. The lowest BCUT2D eigenvalue weighted by molar-refractivity contribution is -0.150. The highest BCUT2D eigenvalue weighted by molar-refractivity contribution is 7.91. The molecule has 0 aliphatic carbocycles. The van der Waals surface area contributed by atoms with Gasteiger partial charge in [-0.25, -0.2) is 13.2 Å². The van der Waals surface area contributed by atoms with Gasteiger partial charge in [-0.05, 0) is 36.2 Å². The summed E-state index contributed by atoms with van der Waals surface area (Å²) in [7, 11) is -3.13. The van der Waals surface area contributed by atoms with Gasteiger partial charge >= 0.3 is 5.97 Å². The summed E-state index contributed by atoms with van der Waals surface area (Å²) >= 11 is 0. The Kier molecular flexibility index (Phi) is 5.36. The molecule has 1 amide bonds. The first-order valence-corrected chi connectivity index (χ1v) is 10.4. The number of ether oxygens (including phenoxy) is 2. The summed E-state index contributed by atoms with van der Waals surface area (Å²) in [6.07, 6.45) is 0.347. The molecule has 1 heterocycles. The van der Waals surface area contributed by atoms with Gasteiger partial charge in [-0.15, -0.1) is 0 Å². The minimum atomic E-state index is -3.13. The van der Waals surface area contributed by atoms with E-state index in [2.05, 4.69) is 5.32 Å². The quantitative estimate of drug-likeness (QED) is 0.749. The summed E-state index contributed by atoms with van der Waals surface area (Å²) in [5.41, 5.74) is -0.816. The molecule has 144 valence electrons. The van der Waals surface area contributed by atoms with Gasteiger partial charge in [0.2, 0.25) is 0 Å². The van der Waals surface area contributed by atoms with E-state index >= 15 is 0 Å². The second-order valence-electron chi connectivity index (χ2n) is 6.91. The third-order valence-electron chi connectivity index (χ3n) is 4.39. The third-order valence-corrected chi connectivity index (χ3v) is 6.29. The molecule has 7 nitrogen and oxygen atoms in total. The van der Waals surface area contributed by atoms with Gasteiger partial charge in [0.25, 0.3) is 5.91 Å². The molecule has 0 spiro atoms. The molecule has 1 fully saturated rings. The van der Waals surface area contributed by atoms with Crippen LogP contribution in [0.2, 0.25) is 0 Å². The number of amides is 1. The van der Waals surface area contributed by atoms with Gasteiger partial charge in [0.05, 0.1) is 17.0 Å². The smallest absolute Gasteiger partial charge is 0.344 e. The molecular formula is C19H21NO6S. The molecule has 8 heteroatoms. The fourth-order valence-electron chi connectivity index (χ4n) is 3.07. The Morgan fingerprint density at radius 2 is 1.85 bits per heavy atom. The molecule has 2 aromatic carbocycles. The van der Waals surface area contributed by atoms with Crippen molar-refractivity contribution >= 4 is 32.5 Å². The zero-order valence-corrected chi connectivity index (χ0v) is 15.8. The van der Waals surface area contributed by atoms with E-state index in [9.17, 15) is 18.0 Å². The largest absolute Gasteiger partial charge is 0.482 e. The Morgan fingerprint density at radius 3 is 2.56 bits per heavy atom. The van der Waals surface area contributed by atoms with E-state index in [0.717, 1.165) is 10.8 Å². The van der Waals surface area contributed by atoms with Gasteiger partial charge in [0, 0.05) is 0 Å². The summed E-state index contributed by atoms with van der Waals surface area (Å²) in [6.45, 7) is 0.868. The zero-order valence-electron chi connectivity index (χ0n) is 14.9. The fourth-order valence-corrected chi connectivity index (χ4v) is 5.16. The first-order chi connectivity index (χ1) is 12.7. The van der Waals surface area contributed by atoms with Gasteiger partial charge in [-0.1, -0.05) is 30.3 Å². The number of benzene rings is 2. The standard InChI is InChI=1S/C19H21NO6S/c1-19(8-9-27(23,24)13-19)20-17(21)11-26-18(22)12-25-16-7-6-14-4-2-3-5-15(14)10-16/h2-7,10H,8-9,11-13H2,1H3,(H,20,21)/t19-/m1/s1. The van der Waals surface area contributed by atoms with E-state index in [1.165, 1.54) is 0 Å². The Balaban J connectivity index is 1.44. The molecule has 3 rings (SSSR count). The molecule has 0 radical (unpaired) electrons. The average Bonchev–Trinajstić information content (AvgIpc) is 2.90. The molecule has 0 unspecified atom stereocenters. The number of carbonyl (C=O) groups excluding carboxylic acids is 2. The molecule has 1 atom stereocenters. The topological polar surface area (TPSA) is 98.8 Å². The number of sulfone groups is 1. The predicted octanol–water partition coefficient (Wildman–Crippen LogP) is 1.46. The number of fused-ring (bicyclic) bond motifs is 1. The van der Waals surface area contributed by atoms with Crippen LogP contribution in [0.4, 0.5) is 0 Å². The summed E-state index contributed by atoms with van der Waals surface area (Å²) < 4.78 is 33.4. The summed E-state index contributed by atoms with van der Waals surface area (Å²) in [4.78, 5) is 23.7. The predicted molar refractivity (Wildman–Crippen MR) is 100 cm³/mol. The number of hydrogen-bond donors (Lipinski definition) is 1. The van der Waals surface area contributed by atoms with Crippen molar-refractivity contribution in [2.45, 2.75) is 18.9 Å². The van der Waals surface area contributed by atoms with E-state index in [1.807, 2.05) is 36.4 Å². The normalized spacial score (nSPS) is 20.9. The van der Waals surface area contributed by atoms with Crippen LogP contribution in [0.3, 0.4) is 0 Å². The van der Waals surface area contributed by atoms with Crippen LogP contribution in [0.15, 0.2) is 42.5 Å². The molecule has 1 saturated heterocycles. The maximum absolute atomic E-state index is 11.9. The highest BCUT2D eigenvalue weighted by Gasteiger charge is 2.39. The van der Waals surface area contributed by atoms with Crippen LogP contribution in [0.1, 0.15) is 13.3 Å². The molecule has 27 heavy (non-hydrogen) atoms. The number of nitrogens with one attached hydrogen (secondary N) is 1. The number of hydrogen-bond acceptors (Lipinski definition) is 6. The van der Waals surface area contributed by atoms with E-state index in [0.29, 0.717) is 12.2 Å². The van der Waals surface area contributed by atoms with Gasteiger partial charge < -0.3 is 14.8 Å². The lowest BCUT2D eigenvalue weighted by atomic mass is 10.0. The summed E-state index contributed by atoms with van der Waals surface area (Å²) in [5.74, 6) is -0.747. The number of carbonyl (C=O) groups is 2. The lowest BCUT2D eigenvalue weighted by Gasteiger charge is -2.23. The highest BCUT2D eigenvalue weighted by Crippen LogP contribution is 2.23. The van der Waals surface area contributed by atoms with Gasteiger partial charge in [-0.2, -0.15) is 0 Å². The average molecular weight is 391 g/mol. The Labute approximate surface area is 157 Å². The van der Waals surface area contributed by atoms with Crippen molar-refractivity contribution in [2.24, 2.45) is 0 Å². The van der Waals surface area contributed by atoms with Gasteiger partial charge in [0.1, 0.15) is 5.75 Å². The molecule has 1 aliphatic heterocycles. The molecule has 0 aromatic heterocycles. The van der Waals surface area contributed by atoms with Crippen molar-refractivity contribution in [2.75, 3.05) is 24.7 Å². The lowest BCUT2D eigenvalue weighted by Crippen LogP contribution is -2.48. The van der Waals surface area contributed by atoms with E-state index in [1.54, 1.807) is 13.0 Å². The van der Waals surface area contributed by atoms with Crippen molar-refractivity contribution in [1.29, 1.82) is 0 Å². The van der Waals surface area contributed by atoms with Crippen LogP contribution >= 0.6 is 0 Å². The van der Waals surface area contributed by atoms with Gasteiger partial charge in [-0.3, -0.25) is 4.79 Å². The first kappa shape index (κ1) is 19.2. The number of esters is 1. The maximum Gasteiger partial charge on any atom is 0.344 e. The fraction of sp³-hybridized carbons (Fsp3) is 0.368. The van der Waals surface area contributed by atoms with Crippen molar-refractivity contribution < 1.29 is 27.5 Å². The summed E-state index contributed by atoms with van der Waals surface area (Å²) in [5, 5.41) is 4.67. The Hall–Kier alpha value is -2.61. The molecule has 0 saturated carbocycles. The van der Waals surface area contributed by atoms with Crippen molar-refractivity contribution in [1.82, 2.24) is 5.32 Å². The third kappa shape index (κ3) is 5.19. The minimum absolute atomic E-state index is 0.0448. The van der Waals surface area contributed by atoms with Crippen LogP contribution in [-0.4, -0.2) is 50.6 Å². The van der Waals surface area contributed by atoms with E-state index in [-0.39, 0.29) is 18.1 Å². The van der Waals surface area contributed by atoms with Crippen LogP contribution in [0.25, 0.3) is 10.8 Å². The van der Waals surface area contributed by atoms with E-state index < -0.39 is 33.9 Å². The van der Waals surface area contributed by atoms with Gasteiger partial charge in [0.15, 0.2) is 23.1 Å². The van der Waals surface area contributed by atoms with Crippen LogP contribution in [0, 0.1) is 0 Å². The van der Waals surface area contributed by atoms with Crippen LogP contribution in [0.5, 0.6) is 5.75 Å². The van der Waals surface area contributed by atoms with E-state index in [4.69, 9.17) is 9.47 Å². The number of rotatable bonds is 6. The van der Waals surface area contributed by atoms with Crippen LogP contribution in [-0.2, 0) is 24.2 Å². The van der Waals surface area contributed by atoms with Crippen molar-refractivity contribution in [3.63, 3.8) is 0 Å². The maximum atomic E-state index is 11.9.